The van der Waals surface area contributed by atoms with Crippen LogP contribution in [-0.4, -0.2) is 24.9 Å². The van der Waals surface area contributed by atoms with Gasteiger partial charge in [0.25, 0.3) is 0 Å². The zero-order chi connectivity index (χ0) is 18.1. The van der Waals surface area contributed by atoms with Gasteiger partial charge in [0, 0.05) is 46.8 Å². The molecule has 0 aliphatic heterocycles. The first-order valence-corrected chi connectivity index (χ1v) is 8.50. The van der Waals surface area contributed by atoms with Crippen LogP contribution in [0.2, 0.25) is 0 Å². The molecule has 0 atom stereocenters. The van der Waals surface area contributed by atoms with Crippen LogP contribution >= 0.6 is 0 Å². The molecule has 128 valence electrons. The van der Waals surface area contributed by atoms with Gasteiger partial charge < -0.3 is 5.32 Å². The summed E-state index contributed by atoms with van der Waals surface area (Å²) in [5.74, 6) is 0.753. The number of anilines is 2. The van der Waals surface area contributed by atoms with Crippen LogP contribution in [-0.2, 0) is 0 Å². The highest BCUT2D eigenvalue weighted by Crippen LogP contribution is 2.29. The van der Waals surface area contributed by atoms with E-state index in [1.807, 2.05) is 48.5 Å². The minimum absolute atomic E-state index is 0.753. The Hall–Kier alpha value is -3.93. The number of rotatable bonds is 3. The molecule has 0 saturated heterocycles. The third-order valence-corrected chi connectivity index (χ3v) is 4.34. The number of pyridine rings is 3. The van der Waals surface area contributed by atoms with Gasteiger partial charge in [0.05, 0.1) is 16.7 Å². The summed E-state index contributed by atoms with van der Waals surface area (Å²) in [6, 6.07) is 15.8. The van der Waals surface area contributed by atoms with Crippen LogP contribution in [0.5, 0.6) is 0 Å². The van der Waals surface area contributed by atoms with Crippen LogP contribution in [0.15, 0.2) is 79.6 Å². The molecule has 1 aromatic carbocycles. The van der Waals surface area contributed by atoms with Crippen molar-refractivity contribution < 1.29 is 0 Å². The van der Waals surface area contributed by atoms with Gasteiger partial charge in [-0.15, -0.1) is 0 Å². The van der Waals surface area contributed by atoms with Crippen molar-refractivity contribution in [2.24, 2.45) is 0 Å². The summed E-state index contributed by atoms with van der Waals surface area (Å²) in [6.07, 6.45) is 8.66. The van der Waals surface area contributed by atoms with Crippen LogP contribution in [0.3, 0.4) is 0 Å². The Kier molecular flexibility index (Phi) is 3.65. The lowest BCUT2D eigenvalue weighted by atomic mass is 10.1. The number of hydrogen-bond donors (Lipinski definition) is 1. The number of fused-ring (bicyclic) bond motifs is 2. The van der Waals surface area contributed by atoms with Gasteiger partial charge in [-0.1, -0.05) is 0 Å². The third kappa shape index (κ3) is 2.93. The van der Waals surface area contributed by atoms with Crippen molar-refractivity contribution in [1.82, 2.24) is 24.9 Å². The second kappa shape index (κ2) is 6.42. The molecule has 5 rings (SSSR count). The second-order valence-corrected chi connectivity index (χ2v) is 6.08. The van der Waals surface area contributed by atoms with Crippen molar-refractivity contribution >= 4 is 33.3 Å². The molecular weight excluding hydrogens is 336 g/mol. The third-order valence-electron chi connectivity index (χ3n) is 4.34. The maximum atomic E-state index is 4.84. The molecule has 0 spiro atoms. The molecule has 6 nitrogen and oxygen atoms in total. The predicted molar refractivity (Wildman–Crippen MR) is 106 cm³/mol. The maximum Gasteiger partial charge on any atom is 0.140 e. The van der Waals surface area contributed by atoms with Crippen molar-refractivity contribution in [3.05, 3.63) is 79.6 Å². The lowest BCUT2D eigenvalue weighted by Crippen LogP contribution is -1.98. The van der Waals surface area contributed by atoms with Gasteiger partial charge >= 0.3 is 0 Å². The maximum absolute atomic E-state index is 4.84. The van der Waals surface area contributed by atoms with Gasteiger partial charge in [0.1, 0.15) is 12.1 Å². The van der Waals surface area contributed by atoms with Gasteiger partial charge in [-0.2, -0.15) is 0 Å². The summed E-state index contributed by atoms with van der Waals surface area (Å²) in [4.78, 5) is 21.8. The van der Waals surface area contributed by atoms with Crippen molar-refractivity contribution in [3.8, 4) is 11.3 Å². The first-order valence-electron chi connectivity index (χ1n) is 8.50. The number of hydrogen-bond acceptors (Lipinski definition) is 6. The van der Waals surface area contributed by atoms with Crippen molar-refractivity contribution in [2.75, 3.05) is 5.32 Å². The topological polar surface area (TPSA) is 76.5 Å². The number of aromatic nitrogens is 5. The van der Waals surface area contributed by atoms with Gasteiger partial charge in [0.2, 0.25) is 0 Å². The van der Waals surface area contributed by atoms with E-state index in [2.05, 4.69) is 25.3 Å². The van der Waals surface area contributed by atoms with E-state index in [1.54, 1.807) is 31.1 Å². The van der Waals surface area contributed by atoms with Crippen LogP contribution in [0.25, 0.3) is 33.1 Å². The molecule has 0 unspecified atom stereocenters. The second-order valence-electron chi connectivity index (χ2n) is 6.08. The molecule has 5 aromatic rings. The average Bonchev–Trinajstić information content (AvgIpc) is 2.74. The lowest BCUT2D eigenvalue weighted by Gasteiger charge is -2.12. The minimum Gasteiger partial charge on any atom is -0.340 e. The minimum atomic E-state index is 0.753. The first-order chi connectivity index (χ1) is 13.4. The molecular formula is C21H14N6. The monoisotopic (exact) mass is 350 g/mol. The lowest BCUT2D eigenvalue weighted by molar-refractivity contribution is 1.22. The summed E-state index contributed by atoms with van der Waals surface area (Å²) >= 11 is 0. The van der Waals surface area contributed by atoms with E-state index in [0.29, 0.717) is 0 Å². The van der Waals surface area contributed by atoms with E-state index in [4.69, 9.17) is 4.98 Å². The molecule has 4 heterocycles. The van der Waals surface area contributed by atoms with Crippen molar-refractivity contribution in [1.29, 1.82) is 0 Å². The van der Waals surface area contributed by atoms with E-state index in [9.17, 15) is 0 Å². The van der Waals surface area contributed by atoms with Crippen LogP contribution in [0.1, 0.15) is 0 Å². The van der Waals surface area contributed by atoms with Crippen LogP contribution < -0.4 is 5.32 Å². The zero-order valence-corrected chi connectivity index (χ0v) is 14.2. The first kappa shape index (κ1) is 15.3. The quantitative estimate of drug-likeness (QED) is 0.520. The fraction of sp³-hybridized carbons (Fsp3) is 0. The van der Waals surface area contributed by atoms with Crippen LogP contribution in [0.4, 0.5) is 11.5 Å². The highest BCUT2D eigenvalue weighted by atomic mass is 15.0. The van der Waals surface area contributed by atoms with E-state index < -0.39 is 0 Å². The fourth-order valence-corrected chi connectivity index (χ4v) is 3.04. The Morgan fingerprint density at radius 1 is 0.778 bits per heavy atom. The molecule has 0 bridgehead atoms. The molecule has 0 aliphatic rings. The Balaban J connectivity index is 1.64. The summed E-state index contributed by atoms with van der Waals surface area (Å²) in [5.41, 5.74) is 4.54. The predicted octanol–water partition coefficient (Wildman–Crippen LogP) is 4.38. The molecule has 0 radical (unpaired) electrons. The number of nitrogens with zero attached hydrogens (tertiary/aromatic N) is 5. The molecule has 6 heteroatoms. The number of nitrogens with one attached hydrogen (secondary N) is 1. The molecule has 1 N–H and O–H groups in total. The molecule has 0 amide bonds. The Labute approximate surface area is 155 Å². The number of benzene rings is 1. The molecule has 27 heavy (non-hydrogen) atoms. The standard InChI is InChI=1S/C21H14N6/c1-2-17-20(24-7-1)11-19(14-5-8-22-9-6-14)27-21(17)26-16-3-4-18-15(10-16)12-23-13-25-18/h1-13H,(H,26,27). The SMILES string of the molecule is c1cnc2cc(-c3ccncc3)nc(Nc3ccc4ncncc4c3)c2c1. The Morgan fingerprint density at radius 3 is 2.63 bits per heavy atom. The summed E-state index contributed by atoms with van der Waals surface area (Å²) in [7, 11) is 0. The fourth-order valence-electron chi connectivity index (χ4n) is 3.04. The normalized spacial score (nSPS) is 11.0. The molecule has 0 fully saturated rings. The molecule has 4 aromatic heterocycles. The summed E-state index contributed by atoms with van der Waals surface area (Å²) < 4.78 is 0. The van der Waals surface area contributed by atoms with Crippen molar-refractivity contribution in [3.63, 3.8) is 0 Å². The van der Waals surface area contributed by atoms with Gasteiger partial charge in [-0.3, -0.25) is 9.97 Å². The Morgan fingerprint density at radius 2 is 1.70 bits per heavy atom. The van der Waals surface area contributed by atoms with E-state index in [0.717, 1.165) is 44.6 Å². The smallest absolute Gasteiger partial charge is 0.140 e. The average molecular weight is 350 g/mol. The largest absolute Gasteiger partial charge is 0.340 e. The van der Waals surface area contributed by atoms with Gasteiger partial charge in [-0.25, -0.2) is 15.0 Å². The van der Waals surface area contributed by atoms with Gasteiger partial charge in [-0.05, 0) is 48.5 Å². The van der Waals surface area contributed by atoms with Gasteiger partial charge in [0.15, 0.2) is 0 Å². The summed E-state index contributed by atoms with van der Waals surface area (Å²) in [5, 5.41) is 5.35. The highest BCUT2D eigenvalue weighted by Gasteiger charge is 2.09. The van der Waals surface area contributed by atoms with Crippen LogP contribution in [0, 0.1) is 0 Å². The summed E-state index contributed by atoms with van der Waals surface area (Å²) in [6.45, 7) is 0. The molecule has 0 aliphatic carbocycles. The van der Waals surface area contributed by atoms with Crippen molar-refractivity contribution in [2.45, 2.75) is 0 Å². The Bertz CT molecular complexity index is 1250. The highest BCUT2D eigenvalue weighted by molar-refractivity contribution is 5.94. The van der Waals surface area contributed by atoms with E-state index in [-0.39, 0.29) is 0 Å². The molecule has 0 saturated carbocycles. The van der Waals surface area contributed by atoms with E-state index >= 15 is 0 Å². The van der Waals surface area contributed by atoms with E-state index in [1.165, 1.54) is 0 Å². The zero-order valence-electron chi connectivity index (χ0n) is 14.2.